The van der Waals surface area contributed by atoms with E-state index in [9.17, 15) is 0 Å². The molecular formula is C6H16N2Si. The first-order chi connectivity index (χ1) is 4.22. The molecule has 0 aliphatic heterocycles. The van der Waals surface area contributed by atoms with Crippen LogP contribution in [0.15, 0.2) is 12.3 Å². The molecule has 0 aromatic rings. The Morgan fingerprint density at radius 1 is 1.67 bits per heavy atom. The Balaban J connectivity index is 3.54. The number of hydrogen-bond donors (Lipinski definition) is 1. The van der Waals surface area contributed by atoms with E-state index in [1.54, 1.807) is 0 Å². The quantitative estimate of drug-likeness (QED) is 0.563. The molecule has 0 radical (unpaired) electrons. The molecule has 0 aromatic carbocycles. The zero-order valence-electron chi connectivity index (χ0n) is 6.52. The molecule has 1 N–H and O–H groups in total. The van der Waals surface area contributed by atoms with E-state index < -0.39 is 9.12 Å². The van der Waals surface area contributed by atoms with Crippen LogP contribution in [0.4, 0.5) is 0 Å². The first-order valence-corrected chi connectivity index (χ1v) is 5.00. The molecule has 0 amide bonds. The lowest BCUT2D eigenvalue weighted by molar-refractivity contribution is 0.627. The summed E-state index contributed by atoms with van der Waals surface area (Å²) in [5.41, 5.74) is 2.03. The van der Waals surface area contributed by atoms with Crippen molar-refractivity contribution in [2.75, 3.05) is 20.6 Å². The van der Waals surface area contributed by atoms with Crippen LogP contribution in [0.1, 0.15) is 6.92 Å². The van der Waals surface area contributed by atoms with E-state index in [2.05, 4.69) is 37.1 Å². The molecule has 0 saturated heterocycles. The minimum atomic E-state index is -0.939. The molecule has 0 fully saturated rings. The van der Waals surface area contributed by atoms with Gasteiger partial charge in [0.25, 0.3) is 0 Å². The standard InChI is InChI=1S/C6H16N2Si/c1-5-7-9(6-2)8(3)4/h6-7,9H,2,5H2,1,3-4H3. The molecule has 2 nitrogen and oxygen atoms in total. The maximum atomic E-state index is 3.76. The average molecular weight is 144 g/mol. The molecule has 1 unspecified atom stereocenters. The molecule has 0 heterocycles. The maximum absolute atomic E-state index is 3.76. The van der Waals surface area contributed by atoms with E-state index in [1.165, 1.54) is 0 Å². The Morgan fingerprint density at radius 2 is 2.22 bits per heavy atom. The molecule has 3 heteroatoms. The van der Waals surface area contributed by atoms with E-state index in [-0.39, 0.29) is 0 Å². The van der Waals surface area contributed by atoms with Crippen LogP contribution in [0.3, 0.4) is 0 Å². The van der Waals surface area contributed by atoms with Crippen LogP contribution in [0.2, 0.25) is 0 Å². The monoisotopic (exact) mass is 144 g/mol. The topological polar surface area (TPSA) is 15.3 Å². The third-order valence-electron chi connectivity index (χ3n) is 1.19. The molecule has 1 atom stereocenters. The lowest BCUT2D eigenvalue weighted by atomic mass is 10.8. The second-order valence-electron chi connectivity index (χ2n) is 2.20. The van der Waals surface area contributed by atoms with Crippen molar-refractivity contribution in [2.45, 2.75) is 6.92 Å². The third-order valence-corrected chi connectivity index (χ3v) is 3.58. The second-order valence-corrected chi connectivity index (χ2v) is 5.00. The molecule has 0 aromatic heterocycles. The van der Waals surface area contributed by atoms with Crippen LogP contribution in [0.5, 0.6) is 0 Å². The first kappa shape index (κ1) is 8.88. The summed E-state index contributed by atoms with van der Waals surface area (Å²) in [5.74, 6) is 0. The van der Waals surface area contributed by atoms with Crippen LogP contribution in [0, 0.1) is 0 Å². The highest BCUT2D eigenvalue weighted by Crippen LogP contribution is 1.81. The van der Waals surface area contributed by atoms with E-state index in [0.29, 0.717) is 0 Å². The van der Waals surface area contributed by atoms with Crippen molar-refractivity contribution in [3.05, 3.63) is 12.3 Å². The fourth-order valence-corrected chi connectivity index (χ4v) is 2.06. The summed E-state index contributed by atoms with van der Waals surface area (Å²) in [6.07, 6.45) is 0. The fourth-order valence-electron chi connectivity index (χ4n) is 0.686. The molecule has 0 aliphatic rings. The van der Waals surface area contributed by atoms with Crippen molar-refractivity contribution in [3.63, 3.8) is 0 Å². The summed E-state index contributed by atoms with van der Waals surface area (Å²) in [6.45, 7) is 6.92. The Hall–Kier alpha value is -0.123. The van der Waals surface area contributed by atoms with Crippen molar-refractivity contribution in [3.8, 4) is 0 Å². The van der Waals surface area contributed by atoms with Crippen molar-refractivity contribution in [1.82, 2.24) is 9.55 Å². The van der Waals surface area contributed by atoms with Gasteiger partial charge in [0.1, 0.15) is 0 Å². The summed E-state index contributed by atoms with van der Waals surface area (Å²) in [7, 11) is 3.23. The molecule has 0 bridgehead atoms. The Bertz CT molecular complexity index is 83.1. The summed E-state index contributed by atoms with van der Waals surface area (Å²) in [6, 6.07) is 0. The van der Waals surface area contributed by atoms with E-state index >= 15 is 0 Å². The molecule has 0 spiro atoms. The molecular weight excluding hydrogens is 128 g/mol. The van der Waals surface area contributed by atoms with Crippen LogP contribution in [-0.2, 0) is 0 Å². The van der Waals surface area contributed by atoms with Crippen molar-refractivity contribution < 1.29 is 0 Å². The van der Waals surface area contributed by atoms with Gasteiger partial charge in [0.15, 0.2) is 0 Å². The van der Waals surface area contributed by atoms with Gasteiger partial charge in [0.2, 0.25) is 9.12 Å². The van der Waals surface area contributed by atoms with Crippen LogP contribution in [0.25, 0.3) is 0 Å². The third kappa shape index (κ3) is 3.45. The zero-order valence-corrected chi connectivity index (χ0v) is 7.67. The van der Waals surface area contributed by atoms with E-state index in [4.69, 9.17) is 0 Å². The highest BCUT2D eigenvalue weighted by Gasteiger charge is 2.04. The minimum Gasteiger partial charge on any atom is -0.325 e. The summed E-state index contributed by atoms with van der Waals surface area (Å²) in [5, 5.41) is 0. The largest absolute Gasteiger partial charge is 0.325 e. The van der Waals surface area contributed by atoms with E-state index in [1.807, 2.05) is 5.70 Å². The second kappa shape index (κ2) is 4.73. The minimum absolute atomic E-state index is 0.939. The lowest BCUT2D eigenvalue weighted by Gasteiger charge is -2.18. The van der Waals surface area contributed by atoms with Crippen molar-refractivity contribution in [1.29, 1.82) is 0 Å². The van der Waals surface area contributed by atoms with E-state index in [0.717, 1.165) is 6.54 Å². The Labute approximate surface area is 59.3 Å². The molecule has 0 saturated carbocycles. The zero-order chi connectivity index (χ0) is 7.28. The Kier molecular flexibility index (Phi) is 4.66. The van der Waals surface area contributed by atoms with Gasteiger partial charge in [-0.3, -0.25) is 0 Å². The average Bonchev–Trinajstić information content (AvgIpc) is 1.82. The smallest absolute Gasteiger partial charge is 0.211 e. The predicted octanol–water partition coefficient (Wildman–Crippen LogP) is 0.103. The van der Waals surface area contributed by atoms with Crippen LogP contribution >= 0.6 is 0 Å². The van der Waals surface area contributed by atoms with Gasteiger partial charge in [-0.25, -0.2) is 0 Å². The lowest BCUT2D eigenvalue weighted by Crippen LogP contribution is -2.44. The van der Waals surface area contributed by atoms with Gasteiger partial charge in [-0.05, 0) is 20.6 Å². The fraction of sp³-hybridized carbons (Fsp3) is 0.667. The SMILES string of the molecule is C=C[SiH](NCC)N(C)C. The molecule has 9 heavy (non-hydrogen) atoms. The van der Waals surface area contributed by atoms with Gasteiger partial charge in [-0.2, -0.15) is 0 Å². The van der Waals surface area contributed by atoms with Gasteiger partial charge < -0.3 is 9.55 Å². The molecule has 54 valence electrons. The molecule has 0 rings (SSSR count). The number of hydrogen-bond acceptors (Lipinski definition) is 2. The number of rotatable bonds is 4. The number of nitrogens with zero attached hydrogens (tertiary/aromatic N) is 1. The highest BCUT2D eigenvalue weighted by molar-refractivity contribution is 6.58. The van der Waals surface area contributed by atoms with Gasteiger partial charge in [0, 0.05) is 0 Å². The summed E-state index contributed by atoms with van der Waals surface area (Å²) in [4.78, 5) is 3.38. The van der Waals surface area contributed by atoms with Gasteiger partial charge in [-0.15, -0.1) is 6.58 Å². The van der Waals surface area contributed by atoms with Crippen molar-refractivity contribution >= 4 is 9.12 Å². The summed E-state index contributed by atoms with van der Waals surface area (Å²) < 4.78 is 2.22. The normalized spacial score (nSPS) is 13.8. The first-order valence-electron chi connectivity index (χ1n) is 3.24. The summed E-state index contributed by atoms with van der Waals surface area (Å²) >= 11 is 0. The van der Waals surface area contributed by atoms with Crippen LogP contribution < -0.4 is 4.98 Å². The molecule has 0 aliphatic carbocycles. The maximum Gasteiger partial charge on any atom is 0.211 e. The van der Waals surface area contributed by atoms with Gasteiger partial charge in [-0.1, -0.05) is 12.6 Å². The van der Waals surface area contributed by atoms with Gasteiger partial charge >= 0.3 is 0 Å². The van der Waals surface area contributed by atoms with Crippen molar-refractivity contribution in [2.24, 2.45) is 0 Å². The van der Waals surface area contributed by atoms with Gasteiger partial charge in [0.05, 0.1) is 0 Å². The number of nitrogens with one attached hydrogen (secondary N) is 1. The Morgan fingerprint density at radius 3 is 2.33 bits per heavy atom. The highest BCUT2D eigenvalue weighted by atomic mass is 28.3. The predicted molar refractivity (Wildman–Crippen MR) is 44.7 cm³/mol. The van der Waals surface area contributed by atoms with Crippen LogP contribution in [-0.4, -0.2) is 34.3 Å².